The normalized spacial score (nSPS) is 19.6. The zero-order chi connectivity index (χ0) is 101. The van der Waals surface area contributed by atoms with Crippen LogP contribution in [0.5, 0.6) is 11.5 Å². The van der Waals surface area contributed by atoms with E-state index >= 15 is 0 Å². The first kappa shape index (κ1) is 117. The SMILES string of the molecule is CSSCCOC(=O)NCC#Cc1cn([C@H]2C[C@@H](OCSSC)[C@@H](COP(=O)(O)OP(=O)(O)OP(=O)(O)O)O2)c(=O)nc1N.CSSCO[C@@H]1C[C@H](n2cc(C#CCNC(=O)OCCSSCCNC(=O)c3ccc(C4=c5cc6c(cc5Oc5cc7c(cc54)C(CS(=O)(=O)O)=CC(C)(C)N7)=NC(C)(C)C=C6CS(=O)(=O)O)cc3C(=O)O)c(N)nc2=O)O[C@@H]1COP(=O)(O)OP(=O)(O)OP(=O)(O)O.N. The van der Waals surface area contributed by atoms with Gasteiger partial charge in [0.1, 0.15) is 84.4 Å². The maximum atomic E-state index is 13.7. The lowest BCUT2D eigenvalue weighted by molar-refractivity contribution is -0.0543. The third-order valence-electron chi connectivity index (χ3n) is 18.1. The molecule has 0 aliphatic carbocycles. The Labute approximate surface area is 817 Å². The Hall–Kier alpha value is -6.39. The number of amides is 3. The summed E-state index contributed by atoms with van der Waals surface area (Å²) in [5, 5.41) is 22.2. The molecule has 2 fully saturated rings. The van der Waals surface area contributed by atoms with Gasteiger partial charge in [0.2, 0.25) is 0 Å². The van der Waals surface area contributed by atoms with Gasteiger partial charge >= 0.3 is 76.5 Å². The molecule has 5 aliphatic heterocycles. The molecule has 0 spiro atoms. The van der Waals surface area contributed by atoms with E-state index in [9.17, 15) is 107 Å². The number of nitrogens with two attached hydrogens (primary N) is 2. The van der Waals surface area contributed by atoms with Crippen molar-refractivity contribution in [3.63, 3.8) is 0 Å². The van der Waals surface area contributed by atoms with E-state index in [4.69, 9.17) is 78.2 Å². The highest BCUT2D eigenvalue weighted by Gasteiger charge is 2.47. The summed E-state index contributed by atoms with van der Waals surface area (Å²) in [5.74, 6) is 8.44. The number of phosphoric acid groups is 6. The Morgan fingerprint density at radius 1 is 0.594 bits per heavy atom. The first-order chi connectivity index (χ1) is 63.8. The van der Waals surface area contributed by atoms with Crippen molar-refractivity contribution in [3.8, 4) is 35.2 Å². The molecular formula is C70H92N12O40P6S10. The number of nitrogen functional groups attached to an aromatic ring is 2. The van der Waals surface area contributed by atoms with Crippen LogP contribution in [0.15, 0.2) is 81.6 Å². The summed E-state index contributed by atoms with van der Waals surface area (Å²) in [6, 6.07) is 10.6. The molecule has 4 unspecified atom stereocenters. The van der Waals surface area contributed by atoms with Gasteiger partial charge in [-0.1, -0.05) is 128 Å². The number of anilines is 3. The summed E-state index contributed by atoms with van der Waals surface area (Å²) in [7, 11) is -31.9. The molecule has 2 saturated heterocycles. The first-order valence-corrected chi connectivity index (χ1v) is 61.6. The Balaban J connectivity index is 0.000000435. The molecule has 10 rings (SSSR count). The summed E-state index contributed by atoms with van der Waals surface area (Å²) >= 11 is 0. The van der Waals surface area contributed by atoms with Gasteiger partial charge in [0.05, 0.1) is 77.2 Å². The number of carboxylic acid groups (broad SMARTS) is 1. The van der Waals surface area contributed by atoms with E-state index in [0.29, 0.717) is 55.8 Å². The number of nitrogens with one attached hydrogen (secondary N) is 4. The van der Waals surface area contributed by atoms with Gasteiger partial charge in [0.25, 0.3) is 26.1 Å². The van der Waals surface area contributed by atoms with Gasteiger partial charge in [-0.05, 0) is 87.4 Å². The first-order valence-electron chi connectivity index (χ1n) is 38.6. The Bertz CT molecular complexity index is 6420. The van der Waals surface area contributed by atoms with Gasteiger partial charge in [-0.15, -0.1) is 0 Å². The number of carboxylic acids is 1. The van der Waals surface area contributed by atoms with Crippen LogP contribution in [0.1, 0.15) is 107 Å². The second kappa shape index (κ2) is 50.4. The summed E-state index contributed by atoms with van der Waals surface area (Å²) in [5.41, 5.74) is 10.5. The minimum absolute atomic E-state index is 0. The van der Waals surface area contributed by atoms with Crippen molar-refractivity contribution in [1.29, 1.82) is 0 Å². The lowest BCUT2D eigenvalue weighted by atomic mass is 9.85. The zero-order valence-corrected chi connectivity index (χ0v) is 86.3. The summed E-state index contributed by atoms with van der Waals surface area (Å²) < 4.78 is 205. The lowest BCUT2D eigenvalue weighted by Gasteiger charge is -2.34. The number of alkyl carbamates (subject to hydrolysis) is 2. The van der Waals surface area contributed by atoms with E-state index < -0.39 is 181 Å². The van der Waals surface area contributed by atoms with Crippen LogP contribution in [-0.2, 0) is 102 Å². The van der Waals surface area contributed by atoms with Crippen molar-refractivity contribution in [3.05, 3.63) is 143 Å². The molecule has 2 aromatic heterocycles. The number of fused-ring (bicyclic) bond motifs is 4. The van der Waals surface area contributed by atoms with Crippen molar-refractivity contribution >= 4 is 212 Å². The van der Waals surface area contributed by atoms with Crippen LogP contribution < -0.4 is 65.6 Å². The van der Waals surface area contributed by atoms with E-state index in [2.05, 4.69) is 72.2 Å². The molecule has 0 bridgehead atoms. The molecule has 5 aliphatic rings. The van der Waals surface area contributed by atoms with E-state index in [-0.39, 0.29) is 120 Å². The van der Waals surface area contributed by atoms with E-state index in [1.165, 1.54) is 106 Å². The second-order valence-electron chi connectivity index (χ2n) is 29.4. The van der Waals surface area contributed by atoms with Gasteiger partial charge < -0.3 is 116 Å². The van der Waals surface area contributed by atoms with Crippen LogP contribution in [0.3, 0.4) is 0 Å². The maximum absolute atomic E-state index is 13.7. The molecule has 3 aromatic carbocycles. The quantitative estimate of drug-likeness (QED) is 0.00458. The molecule has 138 heavy (non-hydrogen) atoms. The summed E-state index contributed by atoms with van der Waals surface area (Å²) in [4.78, 5) is 162. The molecule has 0 radical (unpaired) electrons. The fraction of sp³-hybridized carbons (Fsp3) is 0.443. The van der Waals surface area contributed by atoms with Gasteiger partial charge in [-0.2, -0.15) is 44.0 Å². The number of aromatic carboxylic acids is 1. The van der Waals surface area contributed by atoms with Crippen LogP contribution in [-0.4, -0.2) is 254 Å². The average Bonchev–Trinajstić information content (AvgIpc) is 0.822. The third kappa shape index (κ3) is 36.7. The van der Waals surface area contributed by atoms with Crippen LogP contribution in [0.25, 0.3) is 16.7 Å². The molecule has 10 atom stereocenters. The maximum Gasteiger partial charge on any atom is 0.490 e. The predicted octanol–water partition coefficient (Wildman–Crippen LogP) is 6.97. The molecule has 762 valence electrons. The number of benzene rings is 3. The number of nitrogens with zero attached hydrogens (tertiary/aromatic N) is 5. The van der Waals surface area contributed by atoms with Crippen LogP contribution in [0.4, 0.5) is 26.9 Å². The molecule has 68 heteroatoms. The van der Waals surface area contributed by atoms with Crippen molar-refractivity contribution in [2.45, 2.75) is 88.5 Å². The highest BCUT2D eigenvalue weighted by Crippen LogP contribution is 2.68. The molecule has 5 aromatic rings. The average molecular weight is 2250 g/mol. The van der Waals surface area contributed by atoms with Crippen molar-refractivity contribution in [2.24, 2.45) is 4.99 Å². The Morgan fingerprint density at radius 2 is 1.07 bits per heavy atom. The zero-order valence-electron chi connectivity index (χ0n) is 72.8. The Kier molecular flexibility index (Phi) is 42.7. The van der Waals surface area contributed by atoms with Gasteiger partial charge in [0.15, 0.2) is 0 Å². The molecule has 0 saturated carbocycles. The largest absolute Gasteiger partial charge is 0.490 e. The number of hydrogen-bond acceptors (Lipinski definition) is 44. The minimum Gasteiger partial charge on any atom is -0.478 e. The molecule has 3 amide bonds. The van der Waals surface area contributed by atoms with E-state index in [1.807, 2.05) is 6.26 Å². The number of carbonyl (C=O) groups is 4. The topological polar surface area (TPSA) is 799 Å². The van der Waals surface area contributed by atoms with Gasteiger partial charge in [0, 0.05) is 94.3 Å². The smallest absolute Gasteiger partial charge is 0.478 e. The number of ether oxygens (including phenoxy) is 7. The fourth-order valence-corrected chi connectivity index (χ4v) is 24.8. The molecule has 22 N–H and O–H groups in total. The molecular weight excluding hydrogens is 2160 g/mol. The second-order valence-corrected chi connectivity index (χ2v) is 51.5. The van der Waals surface area contributed by atoms with Crippen LogP contribution in [0, 0.1) is 23.7 Å². The fourth-order valence-electron chi connectivity index (χ4n) is 13.1. The molecule has 52 nitrogen and oxygen atoms in total. The van der Waals surface area contributed by atoms with Crippen molar-refractivity contribution < 1.29 is 176 Å². The van der Waals surface area contributed by atoms with Gasteiger partial charge in [-0.25, -0.2) is 51.4 Å². The summed E-state index contributed by atoms with van der Waals surface area (Å²) in [6.45, 7) is 5.32. The highest BCUT2D eigenvalue weighted by atomic mass is 33.1. The Morgan fingerprint density at radius 3 is 1.54 bits per heavy atom. The number of rotatable bonds is 44. The monoisotopic (exact) mass is 2250 g/mol. The van der Waals surface area contributed by atoms with Crippen LogP contribution in [0.2, 0.25) is 0 Å². The van der Waals surface area contributed by atoms with Crippen LogP contribution >= 0.6 is 133 Å². The third-order valence-corrected chi connectivity index (χ3v) is 34.1. The van der Waals surface area contributed by atoms with Gasteiger partial charge in [-0.3, -0.25) is 37.1 Å². The van der Waals surface area contributed by atoms with Crippen molar-refractivity contribution in [1.82, 2.24) is 41.2 Å². The number of hydrogen-bond donors (Lipinski definition) is 18. The number of carbonyl (C=O) groups excluding carboxylic acids is 3. The van der Waals surface area contributed by atoms with E-state index in [1.54, 1.807) is 87.4 Å². The number of aromatic nitrogens is 4. The molecule has 7 heterocycles. The standard InChI is InChI=1S/C52H60N7O25P3S6.C18H29N4O15P3S4.H3N/c1-51(2)21-30(25-92(72,73)74)33-16-36-40(18-38(33)57-51)81-41-19-39-34(31(26-93(75,76)77)22-52(3,4)58-39)17-37(41)45(36)28-8-9-32(35(15-28)48(61)62)47(60)54-11-13-89-90-14-12-78-50(64)55-10-6-7-29-23-59(49(63)56-46(29)53)44-20-42(79-27-91-88-5)43(82-44)24-80-86(68,69)84-87(70,71)83-85(65,66)67;1-41-43-7-6-32-18(24)20-5-3-4-12-9-22(17(23)21-16(12)19)15-8-13(33-11-44-42-2)14(35-15)10-34-39(28,29)37-40(30,31)36-38(25,26)27;/h8-9,15-19,21-23,42-44,57H,10-14,20,24-27H2,1-5H3,(H,54,60)(H,55,64)(H,61,62)(H,68,69)(H,70,71)(H2,53,56,63)(H2,65,66,67)(H,72,73,74)(H,75,76,77);9,13-15H,5-8,10-11H2,1-2H3,(H,20,24)(H,28,29)(H,30,31)(H2,19,21,23)(H2,25,26,27);1H3/t42-,43-,44-;13-,14-,15-;/m11./s1. The minimum atomic E-state index is -5.81. The summed E-state index contributed by atoms with van der Waals surface area (Å²) in [6.07, 6.45) is 3.17. The van der Waals surface area contributed by atoms with Crippen molar-refractivity contribution in [2.75, 3.05) is 122 Å². The number of phosphoric ester groups is 2. The lowest BCUT2D eigenvalue weighted by Crippen LogP contribution is -2.33. The predicted molar refractivity (Wildman–Crippen MR) is 514 cm³/mol. The van der Waals surface area contributed by atoms with E-state index in [0.717, 1.165) is 9.13 Å². The highest BCUT2D eigenvalue weighted by molar-refractivity contribution is 8.77.